The van der Waals surface area contributed by atoms with Crippen LogP contribution in [0.5, 0.6) is 0 Å². The summed E-state index contributed by atoms with van der Waals surface area (Å²) in [7, 11) is 9.66. The maximum Gasteiger partial charge on any atom is 0.380 e. The SMILES string of the molecule is COCCOCCOCCOCc1ccc2c3cccc(c13)COC(=c1oc(=C(OC)OCCOC)o1)OCCOCc1ccc(c3cccc(COCCOCCOCCOC)c13)-c1cccc(n1)[C@@H]1CCC[C@@H](c3cccc(-c4ccc(COCCOCCOCCOC)c5c(COCCOCCOCCOC)cccc45)n3)N1Cc1cccc-2n1. The van der Waals surface area contributed by atoms with Crippen LogP contribution in [0.3, 0.4) is 0 Å². The Labute approximate surface area is 719 Å². The average Bonchev–Trinajstić information content (AvgIpc) is 0.802. The number of nitrogens with zero attached hydrogens (tertiary/aromatic N) is 4. The van der Waals surface area contributed by atoms with Crippen molar-refractivity contribution >= 4 is 44.2 Å². The van der Waals surface area contributed by atoms with Gasteiger partial charge in [0.2, 0.25) is 0 Å². The molecule has 0 saturated carbocycles. The first kappa shape index (κ1) is 93.2. The van der Waals surface area contributed by atoms with Gasteiger partial charge in [0.1, 0.15) is 19.8 Å². The van der Waals surface area contributed by atoms with Gasteiger partial charge in [-0.2, -0.15) is 0 Å². The number of hydrogen-bond acceptors (Lipinski definition) is 28. The molecular formula is C95H120N4O24. The predicted octanol–water partition coefficient (Wildman–Crippen LogP) is 13.0. The first-order chi connectivity index (χ1) is 60.9. The predicted molar refractivity (Wildman–Crippen MR) is 461 cm³/mol. The summed E-state index contributed by atoms with van der Waals surface area (Å²) < 4.78 is 141. The third-order valence-corrected chi connectivity index (χ3v) is 20.8. The summed E-state index contributed by atoms with van der Waals surface area (Å²) in [6.07, 6.45) is 2.54. The van der Waals surface area contributed by atoms with Gasteiger partial charge in [-0.3, -0.25) is 19.9 Å². The minimum Gasteiger partial charge on any atom is -0.464 e. The standard InChI is InChI=1S/C95H120N4O24/c1-100-34-39-106-43-47-110-51-55-114-63-69-14-7-18-80-77(32-29-72(89(69)80)65-116-57-53-112-49-45-108-41-36-102-3)83-22-11-24-85(97-83)87-26-13-27-88-86-25-12-23-84(98-86)78-33-30-73(90-70(15-8-19-81(78)90)64-115-56-52-111-48-44-107-40-35-101-2)67-118-59-61-120-93(95-122-94(123-95)92(105-6)119-60-38-104-5)121-68-71-16-9-20-79-76(82-21-10-17-75(96-82)62-99(87)88)31-28-74(91(71)79)66-117-58-54-113-50-46-109-42-37-103-4/h7-12,14-25,28-33,87-88H,13,26-27,34-68H2,1-6H3/t87-,88-/m0/s1. The van der Waals surface area contributed by atoms with E-state index in [1.165, 1.54) is 7.11 Å². The Morgan fingerprint density at radius 2 is 0.732 bits per heavy atom. The summed E-state index contributed by atoms with van der Waals surface area (Å²) in [5.74, 6) is 0.0110. The zero-order valence-corrected chi connectivity index (χ0v) is 72.0. The molecule has 0 amide bonds. The van der Waals surface area contributed by atoms with Crippen LogP contribution in [0.2, 0.25) is 0 Å². The second-order valence-corrected chi connectivity index (χ2v) is 29.0. The van der Waals surface area contributed by atoms with Crippen molar-refractivity contribution in [3.8, 4) is 33.8 Å². The van der Waals surface area contributed by atoms with Gasteiger partial charge in [-0.1, -0.05) is 109 Å². The van der Waals surface area contributed by atoms with Crippen molar-refractivity contribution in [2.45, 2.75) is 77.5 Å². The van der Waals surface area contributed by atoms with Crippen molar-refractivity contribution < 1.29 is 113 Å². The fourth-order valence-electron chi connectivity index (χ4n) is 15.0. The van der Waals surface area contributed by atoms with Crippen molar-refractivity contribution in [1.29, 1.82) is 0 Å². The molecule has 10 aromatic rings. The highest BCUT2D eigenvalue weighted by Gasteiger charge is 2.36. The Hall–Kier alpha value is -8.93. The molecule has 10 bridgehead atoms. The molecule has 2 aliphatic rings. The summed E-state index contributed by atoms with van der Waals surface area (Å²) >= 11 is 0. The van der Waals surface area contributed by atoms with Crippen LogP contribution >= 0.6 is 0 Å². The van der Waals surface area contributed by atoms with Crippen LogP contribution in [-0.2, 0) is 150 Å². The molecule has 0 spiro atoms. The molecule has 6 heterocycles. The largest absolute Gasteiger partial charge is 0.464 e. The van der Waals surface area contributed by atoms with Gasteiger partial charge < -0.3 is 113 Å². The highest BCUT2D eigenvalue weighted by molar-refractivity contribution is 6.02. The molecule has 0 radical (unpaired) electrons. The summed E-state index contributed by atoms with van der Waals surface area (Å²) in [6, 6.07) is 50.5. The monoisotopic (exact) mass is 1700 g/mol. The topological polar surface area (TPSA) is 271 Å². The summed E-state index contributed by atoms with van der Waals surface area (Å²) in [5.41, 5.74) is 13.7. The van der Waals surface area contributed by atoms with Crippen LogP contribution in [0.4, 0.5) is 0 Å². The highest BCUT2D eigenvalue weighted by Crippen LogP contribution is 2.45. The lowest BCUT2D eigenvalue weighted by atomic mass is 9.89. The summed E-state index contributed by atoms with van der Waals surface area (Å²) in [5, 5.41) is 5.90. The number of rotatable bonds is 51. The van der Waals surface area contributed by atoms with Gasteiger partial charge in [-0.25, -0.2) is 0 Å². The van der Waals surface area contributed by atoms with Crippen LogP contribution in [0.25, 0.3) is 78.0 Å². The Morgan fingerprint density at radius 3 is 1.20 bits per heavy atom. The van der Waals surface area contributed by atoms with E-state index in [1.807, 2.05) is 12.1 Å². The lowest BCUT2D eigenvalue weighted by molar-refractivity contribution is 0.000526. The van der Waals surface area contributed by atoms with Crippen molar-refractivity contribution in [3.05, 3.63) is 207 Å². The maximum absolute atomic E-state index is 6.73. The van der Waals surface area contributed by atoms with E-state index in [0.29, 0.717) is 192 Å². The fraction of sp³-hybridized carbons (Fsp3) is 0.484. The molecule has 2 atom stereocenters. The Kier molecular flexibility index (Phi) is 40.0. The minimum absolute atomic E-state index is 0.00606. The smallest absolute Gasteiger partial charge is 0.380 e. The second kappa shape index (κ2) is 52.8. The van der Waals surface area contributed by atoms with Crippen LogP contribution in [0, 0.1) is 0 Å². The normalized spacial score (nSPS) is 14.8. The Balaban J connectivity index is 0.921. The first-order valence-electron chi connectivity index (χ1n) is 42.4. The number of piperidine rings is 1. The number of ether oxygens (including phenoxy) is 22. The summed E-state index contributed by atoms with van der Waals surface area (Å²) in [6.45, 7) is 13.5. The van der Waals surface area contributed by atoms with Crippen LogP contribution in [0.15, 0.2) is 154 Å². The number of hydrogen-bond donors (Lipinski definition) is 0. The van der Waals surface area contributed by atoms with Crippen LogP contribution in [0.1, 0.15) is 81.8 Å². The maximum atomic E-state index is 6.73. The molecular weight excluding hydrogens is 1580 g/mol. The zero-order chi connectivity index (χ0) is 85.1. The van der Waals surface area contributed by atoms with E-state index in [4.69, 9.17) is 128 Å². The van der Waals surface area contributed by atoms with Crippen molar-refractivity contribution in [2.24, 2.45) is 0 Å². The van der Waals surface area contributed by atoms with E-state index >= 15 is 0 Å². The molecule has 6 aromatic carbocycles. The quantitative estimate of drug-likeness (QED) is 0.0320. The fourth-order valence-corrected chi connectivity index (χ4v) is 15.0. The molecule has 0 aliphatic carbocycles. The Morgan fingerprint density at radius 1 is 0.350 bits per heavy atom. The number of methoxy groups -OCH3 is 6. The van der Waals surface area contributed by atoms with Gasteiger partial charge in [-0.15, -0.1) is 0 Å². The van der Waals surface area contributed by atoms with Gasteiger partial charge >= 0.3 is 23.1 Å². The number of pyridine rings is 3. The molecule has 664 valence electrons. The molecule has 0 unspecified atom stereocenters. The first-order valence-corrected chi connectivity index (χ1v) is 42.4. The minimum atomic E-state index is -0.188. The molecule has 2 aliphatic heterocycles. The number of benzene rings is 6. The van der Waals surface area contributed by atoms with E-state index in [2.05, 4.69) is 138 Å². The van der Waals surface area contributed by atoms with Crippen molar-refractivity contribution in [1.82, 2.24) is 19.9 Å². The van der Waals surface area contributed by atoms with Crippen molar-refractivity contribution in [2.75, 3.05) is 228 Å². The number of fused-ring (bicyclic) bond motifs is 15. The van der Waals surface area contributed by atoms with Crippen LogP contribution < -0.4 is 11.2 Å². The number of aromatic nitrogens is 3. The lowest BCUT2D eigenvalue weighted by Gasteiger charge is -2.41. The molecule has 1 fully saturated rings. The van der Waals surface area contributed by atoms with Gasteiger partial charge in [0.05, 0.1) is 258 Å². The van der Waals surface area contributed by atoms with Crippen molar-refractivity contribution in [3.63, 3.8) is 0 Å². The Bertz CT molecular complexity index is 4860. The van der Waals surface area contributed by atoms with E-state index in [9.17, 15) is 0 Å². The third kappa shape index (κ3) is 27.8. The van der Waals surface area contributed by atoms with Gasteiger partial charge in [-0.05, 0) is 121 Å². The molecule has 28 nitrogen and oxygen atoms in total. The molecule has 0 N–H and O–H groups in total. The second-order valence-electron chi connectivity index (χ2n) is 29.0. The van der Waals surface area contributed by atoms with Gasteiger partial charge in [0.15, 0.2) is 0 Å². The molecule has 4 aromatic heterocycles. The molecule has 1 saturated heterocycles. The molecule has 12 rings (SSSR count). The van der Waals surface area contributed by atoms with E-state index in [-0.39, 0.29) is 74.8 Å². The van der Waals surface area contributed by atoms with E-state index in [1.54, 1.807) is 35.5 Å². The summed E-state index contributed by atoms with van der Waals surface area (Å²) in [4.78, 5) is 19.7. The van der Waals surface area contributed by atoms with Crippen LogP contribution in [-0.4, -0.2) is 248 Å². The van der Waals surface area contributed by atoms with Gasteiger partial charge in [0, 0.05) is 58.8 Å². The molecule has 123 heavy (non-hydrogen) atoms. The highest BCUT2D eigenvalue weighted by atomic mass is 16.7. The average molecular weight is 1700 g/mol. The zero-order valence-electron chi connectivity index (χ0n) is 72.0. The van der Waals surface area contributed by atoms with Gasteiger partial charge in [0.25, 0.3) is 0 Å². The molecule has 28 heteroatoms. The van der Waals surface area contributed by atoms with E-state index < -0.39 is 0 Å². The third-order valence-electron chi connectivity index (χ3n) is 20.8. The van der Waals surface area contributed by atoms with E-state index in [0.717, 1.165) is 136 Å². The lowest BCUT2D eigenvalue weighted by Crippen LogP contribution is -2.37.